The van der Waals surface area contributed by atoms with Gasteiger partial charge in [-0.25, -0.2) is 14.2 Å². The van der Waals surface area contributed by atoms with E-state index in [-0.39, 0.29) is 29.1 Å². The normalized spacial score (nSPS) is 20.2. The molecule has 0 saturated carbocycles. The summed E-state index contributed by atoms with van der Waals surface area (Å²) < 4.78 is 63.0. The molecule has 12 heteroatoms. The number of carbonyl (C=O) groups excluding carboxylic acids is 1. The van der Waals surface area contributed by atoms with Gasteiger partial charge in [0, 0.05) is 31.5 Å². The number of carboxylic acid groups (broad SMARTS) is 1. The second kappa shape index (κ2) is 8.93. The minimum absolute atomic E-state index is 0.0120. The van der Waals surface area contributed by atoms with Crippen LogP contribution in [0.4, 0.5) is 22.0 Å². The number of alkyl halides is 4. The highest BCUT2D eigenvalue weighted by Gasteiger charge is 2.51. The average molecular weight is 428 g/mol. The first-order valence-electron chi connectivity index (χ1n) is 8.11. The molecule has 2 fully saturated rings. The maximum atomic E-state index is 13.5. The maximum Gasteiger partial charge on any atom is 0.490 e. The van der Waals surface area contributed by atoms with E-state index in [0.29, 0.717) is 13.1 Å². The minimum Gasteiger partial charge on any atom is -0.475 e. The first-order chi connectivity index (χ1) is 13.1. The highest BCUT2D eigenvalue weighted by atomic mass is 32.2. The molecule has 1 atom stereocenters. The van der Waals surface area contributed by atoms with Gasteiger partial charge in [0.2, 0.25) is 5.91 Å². The molecule has 156 valence electrons. The smallest absolute Gasteiger partial charge is 0.475 e. The number of aliphatic carboxylic acids is 1. The summed E-state index contributed by atoms with van der Waals surface area (Å²) in [5.41, 5.74) is 0. The summed E-state index contributed by atoms with van der Waals surface area (Å²) >= 11 is 1.74. The summed E-state index contributed by atoms with van der Waals surface area (Å²) in [6.07, 6.45) is -2.97. The van der Waals surface area contributed by atoms with Gasteiger partial charge in [-0.1, -0.05) is 0 Å². The third kappa shape index (κ3) is 5.69. The van der Waals surface area contributed by atoms with E-state index in [2.05, 4.69) is 4.98 Å². The van der Waals surface area contributed by atoms with E-state index in [4.69, 9.17) is 14.6 Å². The van der Waals surface area contributed by atoms with Gasteiger partial charge in [-0.05, 0) is 12.1 Å². The first-order valence-corrected chi connectivity index (χ1v) is 9.10. The van der Waals surface area contributed by atoms with Crippen LogP contribution in [-0.2, 0) is 9.59 Å². The summed E-state index contributed by atoms with van der Waals surface area (Å²) in [6, 6.07) is 2.84. The van der Waals surface area contributed by atoms with E-state index >= 15 is 0 Å². The van der Waals surface area contributed by atoms with Gasteiger partial charge in [0.15, 0.2) is 5.82 Å². The van der Waals surface area contributed by atoms with Crippen molar-refractivity contribution in [2.24, 2.45) is 0 Å². The Bertz CT molecular complexity index is 713. The second-order valence-electron chi connectivity index (χ2n) is 6.22. The van der Waals surface area contributed by atoms with Crippen LogP contribution in [0.15, 0.2) is 18.3 Å². The third-order valence-corrected chi connectivity index (χ3v) is 5.62. The molecule has 3 heterocycles. The lowest BCUT2D eigenvalue weighted by Gasteiger charge is -2.47. The Balaban J connectivity index is 0.000000345. The van der Waals surface area contributed by atoms with Gasteiger partial charge in [-0.3, -0.25) is 9.18 Å². The highest BCUT2D eigenvalue weighted by molar-refractivity contribution is 8.01. The zero-order chi connectivity index (χ0) is 20.9. The number of carboxylic acids is 1. The molecule has 3 rings (SSSR count). The Kier molecular flexibility index (Phi) is 7.07. The van der Waals surface area contributed by atoms with E-state index < -0.39 is 24.6 Å². The predicted molar refractivity (Wildman–Crippen MR) is 89.3 cm³/mol. The van der Waals surface area contributed by atoms with Gasteiger partial charge in [0.05, 0.1) is 17.8 Å². The summed E-state index contributed by atoms with van der Waals surface area (Å²) in [6.45, 7) is 0.641. The van der Waals surface area contributed by atoms with Crippen molar-refractivity contribution in [2.45, 2.75) is 29.9 Å². The van der Waals surface area contributed by atoms with Crippen LogP contribution >= 0.6 is 11.8 Å². The van der Waals surface area contributed by atoms with Crippen LogP contribution in [0, 0.1) is 5.82 Å². The summed E-state index contributed by atoms with van der Waals surface area (Å²) in [5.74, 6) is -2.57. The largest absolute Gasteiger partial charge is 0.490 e. The van der Waals surface area contributed by atoms with Crippen molar-refractivity contribution >= 4 is 23.6 Å². The summed E-state index contributed by atoms with van der Waals surface area (Å²) in [7, 11) is 0. The molecule has 1 amide bonds. The molecule has 6 nitrogen and oxygen atoms in total. The van der Waals surface area contributed by atoms with Crippen molar-refractivity contribution in [3.8, 4) is 5.88 Å². The molecule has 2 aliphatic rings. The molecule has 0 radical (unpaired) electrons. The molecular formula is C16H17F5N2O4S. The number of nitrogens with zero attached hydrogens (tertiary/aromatic N) is 2. The average Bonchev–Trinajstić information content (AvgIpc) is 3.00. The number of thioether (sulfide) groups is 1. The Labute approximate surface area is 161 Å². The third-order valence-electron chi connectivity index (χ3n) is 4.04. The van der Waals surface area contributed by atoms with Gasteiger partial charge in [0.1, 0.15) is 6.10 Å². The van der Waals surface area contributed by atoms with E-state index in [0.717, 1.165) is 12.2 Å². The van der Waals surface area contributed by atoms with Crippen LogP contribution in [0.1, 0.15) is 12.8 Å². The number of rotatable bonds is 4. The second-order valence-corrected chi connectivity index (χ2v) is 7.71. The Hall–Kier alpha value is -2.11. The van der Waals surface area contributed by atoms with Crippen molar-refractivity contribution in [1.29, 1.82) is 0 Å². The van der Waals surface area contributed by atoms with Gasteiger partial charge < -0.3 is 14.7 Å². The molecule has 2 saturated heterocycles. The van der Waals surface area contributed by atoms with Crippen LogP contribution in [-0.4, -0.2) is 69.4 Å². The Morgan fingerprint density at radius 2 is 2.04 bits per heavy atom. The van der Waals surface area contributed by atoms with Crippen molar-refractivity contribution in [1.82, 2.24) is 9.88 Å². The zero-order valence-corrected chi connectivity index (χ0v) is 15.2. The number of carbonyl (C=O) groups is 2. The number of likely N-dealkylation sites (tertiary alicyclic amines) is 1. The fourth-order valence-electron chi connectivity index (χ4n) is 2.78. The fourth-order valence-corrected chi connectivity index (χ4v) is 4.30. The molecule has 0 aliphatic carbocycles. The number of hydrogen-bond donors (Lipinski definition) is 1. The van der Waals surface area contributed by atoms with Crippen LogP contribution in [0.25, 0.3) is 0 Å². The molecule has 1 aromatic heterocycles. The SMILES string of the molecule is O=C(CCF)N1CC2(CC(Oc3ncccc3F)CS2)C1.O=C(O)C(F)(F)F. The van der Waals surface area contributed by atoms with E-state index in [9.17, 15) is 26.7 Å². The molecule has 1 aromatic rings. The lowest BCUT2D eigenvalue weighted by molar-refractivity contribution is -0.192. The van der Waals surface area contributed by atoms with Gasteiger partial charge >= 0.3 is 12.1 Å². The maximum absolute atomic E-state index is 13.5. The number of aromatic nitrogens is 1. The number of pyridine rings is 1. The van der Waals surface area contributed by atoms with Crippen LogP contribution in [0.3, 0.4) is 0 Å². The monoisotopic (exact) mass is 428 g/mol. The zero-order valence-electron chi connectivity index (χ0n) is 14.4. The van der Waals surface area contributed by atoms with Crippen LogP contribution < -0.4 is 4.74 Å². The topological polar surface area (TPSA) is 79.7 Å². The molecule has 0 bridgehead atoms. The lowest BCUT2D eigenvalue weighted by Crippen LogP contribution is -2.60. The van der Waals surface area contributed by atoms with E-state index in [1.165, 1.54) is 18.3 Å². The highest BCUT2D eigenvalue weighted by Crippen LogP contribution is 2.46. The standard InChI is InChI=1S/C14H16F2N2O2S.C2HF3O2/c15-4-3-12(19)18-8-14(9-18)6-10(7-21-14)20-13-11(16)2-1-5-17-13;3-2(4,5)1(6)7/h1-2,5,10H,3-4,6-9H2;(H,6,7). The van der Waals surface area contributed by atoms with Crippen LogP contribution in [0.2, 0.25) is 0 Å². The predicted octanol–water partition coefficient (Wildman–Crippen LogP) is 2.68. The molecule has 1 unspecified atom stereocenters. The van der Waals surface area contributed by atoms with Gasteiger partial charge in [-0.15, -0.1) is 11.8 Å². The molecule has 1 spiro atoms. The molecular weight excluding hydrogens is 411 g/mol. The van der Waals surface area contributed by atoms with Gasteiger partial charge in [-0.2, -0.15) is 13.2 Å². The summed E-state index contributed by atoms with van der Waals surface area (Å²) in [4.78, 5) is 26.0. The number of halogens is 5. The van der Waals surface area contributed by atoms with Gasteiger partial charge in [0.25, 0.3) is 5.88 Å². The summed E-state index contributed by atoms with van der Waals surface area (Å²) in [5, 5.41) is 7.12. The lowest BCUT2D eigenvalue weighted by atomic mass is 9.92. The minimum atomic E-state index is -5.08. The Morgan fingerprint density at radius 1 is 1.39 bits per heavy atom. The molecule has 0 aromatic carbocycles. The van der Waals surface area contributed by atoms with Crippen molar-refractivity contribution < 1.29 is 41.4 Å². The van der Waals surface area contributed by atoms with E-state index in [1.54, 1.807) is 16.7 Å². The van der Waals surface area contributed by atoms with Crippen LogP contribution in [0.5, 0.6) is 5.88 Å². The number of amides is 1. The molecule has 2 aliphatic heterocycles. The quantitative estimate of drug-likeness (QED) is 0.743. The number of hydrogen-bond acceptors (Lipinski definition) is 5. The van der Waals surface area contributed by atoms with Crippen molar-refractivity contribution in [3.05, 3.63) is 24.1 Å². The van der Waals surface area contributed by atoms with Crippen molar-refractivity contribution in [2.75, 3.05) is 25.5 Å². The van der Waals surface area contributed by atoms with Crippen molar-refractivity contribution in [3.63, 3.8) is 0 Å². The Morgan fingerprint density at radius 3 is 2.57 bits per heavy atom. The fraction of sp³-hybridized carbons (Fsp3) is 0.562. The number of ether oxygens (including phenoxy) is 1. The van der Waals surface area contributed by atoms with E-state index in [1.807, 2.05) is 0 Å². The molecule has 28 heavy (non-hydrogen) atoms. The molecule has 1 N–H and O–H groups in total. The first kappa shape index (κ1) is 22.2.